The second-order valence-electron chi connectivity index (χ2n) is 6.48. The van der Waals surface area contributed by atoms with Gasteiger partial charge in [0, 0.05) is 28.1 Å². The van der Waals surface area contributed by atoms with Crippen LogP contribution in [-0.4, -0.2) is 30.9 Å². The van der Waals surface area contributed by atoms with Crippen LogP contribution in [0.5, 0.6) is 11.5 Å². The average molecular weight is 485 g/mol. The molecule has 6 nitrogen and oxygen atoms in total. The molecule has 1 N–H and O–H groups in total. The van der Waals surface area contributed by atoms with E-state index in [0.29, 0.717) is 28.0 Å². The van der Waals surface area contributed by atoms with Crippen LogP contribution < -0.4 is 14.8 Å². The van der Waals surface area contributed by atoms with E-state index >= 15 is 0 Å². The number of aromatic nitrogens is 1. The molecule has 1 amide bonds. The summed E-state index contributed by atoms with van der Waals surface area (Å²) in [4.78, 5) is 27.8. The van der Waals surface area contributed by atoms with Crippen molar-refractivity contribution in [2.45, 2.75) is 12.6 Å². The van der Waals surface area contributed by atoms with Crippen LogP contribution in [0.15, 0.2) is 42.6 Å². The molecule has 0 atom stereocenters. The van der Waals surface area contributed by atoms with Gasteiger partial charge in [0.05, 0.1) is 12.7 Å². The number of methoxy groups -OCH3 is 1. The van der Waals surface area contributed by atoms with Crippen molar-refractivity contribution < 1.29 is 32.2 Å². The monoisotopic (exact) mass is 484 g/mol. The van der Waals surface area contributed by atoms with Crippen molar-refractivity contribution in [3.8, 4) is 11.5 Å². The Morgan fingerprint density at radius 1 is 1.22 bits per heavy atom. The molecule has 0 spiro atoms. The first-order chi connectivity index (χ1) is 15.2. The lowest BCUT2D eigenvalue weighted by Gasteiger charge is -2.10. The summed E-state index contributed by atoms with van der Waals surface area (Å²) in [6, 6.07) is 7.66. The van der Waals surface area contributed by atoms with Crippen LogP contribution in [0.2, 0.25) is 5.02 Å². The van der Waals surface area contributed by atoms with E-state index in [9.17, 15) is 22.8 Å². The summed E-state index contributed by atoms with van der Waals surface area (Å²) in [6.07, 6.45) is -2.25. The van der Waals surface area contributed by atoms with Gasteiger partial charge in [-0.15, -0.1) is 11.3 Å². The number of rotatable bonds is 8. The number of carbonyl (C=O) groups is 2. The van der Waals surface area contributed by atoms with E-state index in [1.807, 2.05) is 0 Å². The van der Waals surface area contributed by atoms with E-state index in [4.69, 9.17) is 21.1 Å². The van der Waals surface area contributed by atoms with Gasteiger partial charge in [0.2, 0.25) is 0 Å². The van der Waals surface area contributed by atoms with E-state index in [1.54, 1.807) is 12.1 Å². The summed E-state index contributed by atoms with van der Waals surface area (Å²) in [5.41, 5.74) is -0.131. The average Bonchev–Trinajstić information content (AvgIpc) is 3.19. The fourth-order valence-electron chi connectivity index (χ4n) is 2.70. The third-order valence-electron chi connectivity index (χ3n) is 4.22. The summed E-state index contributed by atoms with van der Waals surface area (Å²) in [7, 11) is 1.43. The Bertz CT molecular complexity index is 1130. The molecule has 0 aliphatic rings. The molecule has 168 valence electrons. The van der Waals surface area contributed by atoms with Crippen LogP contribution in [0.4, 0.5) is 18.3 Å². The second-order valence-corrected chi connectivity index (χ2v) is 8.00. The number of ether oxygens (including phenoxy) is 2. The Balaban J connectivity index is 1.62. The molecular formula is C21H16ClF3N2O4S. The number of thiazole rings is 1. The maximum atomic E-state index is 12.9. The number of nitrogens with one attached hydrogen (secondary N) is 1. The lowest BCUT2D eigenvalue weighted by molar-refractivity contribution is -0.137. The van der Waals surface area contributed by atoms with Gasteiger partial charge in [-0.3, -0.25) is 14.9 Å². The molecule has 0 saturated carbocycles. The van der Waals surface area contributed by atoms with Crippen molar-refractivity contribution in [3.05, 3.63) is 69.2 Å². The molecule has 1 heterocycles. The summed E-state index contributed by atoms with van der Waals surface area (Å²) < 4.78 is 49.4. The SMILES string of the molecule is COc1ccc(C=O)cc1OCC(=O)Nc1ncc(Cc2cc(C(F)(F)F)ccc2Cl)s1. The van der Waals surface area contributed by atoms with E-state index in [-0.39, 0.29) is 28.9 Å². The number of hydrogen-bond donors (Lipinski definition) is 1. The highest BCUT2D eigenvalue weighted by Crippen LogP contribution is 2.33. The summed E-state index contributed by atoms with van der Waals surface area (Å²) in [5.74, 6) is 0.0747. The molecular weight excluding hydrogens is 469 g/mol. The highest BCUT2D eigenvalue weighted by atomic mass is 35.5. The largest absolute Gasteiger partial charge is 0.493 e. The molecule has 0 saturated heterocycles. The molecule has 0 fully saturated rings. The van der Waals surface area contributed by atoms with Crippen LogP contribution in [0.25, 0.3) is 0 Å². The van der Waals surface area contributed by atoms with Gasteiger partial charge in [-0.2, -0.15) is 13.2 Å². The quantitative estimate of drug-likeness (QED) is 0.442. The summed E-state index contributed by atoms with van der Waals surface area (Å²) >= 11 is 7.14. The van der Waals surface area contributed by atoms with E-state index in [0.717, 1.165) is 23.5 Å². The smallest absolute Gasteiger partial charge is 0.416 e. The molecule has 32 heavy (non-hydrogen) atoms. The standard InChI is InChI=1S/C21H16ClF3N2O4S/c1-30-17-5-2-12(10-28)6-18(17)31-11-19(29)27-20-26-9-15(32-20)8-13-7-14(21(23,24)25)3-4-16(13)22/h2-7,9-10H,8,11H2,1H3,(H,26,27,29). The number of halogens is 4. The van der Waals surface area contributed by atoms with Crippen molar-refractivity contribution in [1.29, 1.82) is 0 Å². The van der Waals surface area contributed by atoms with Gasteiger partial charge in [0.15, 0.2) is 23.2 Å². The van der Waals surface area contributed by atoms with E-state index in [2.05, 4.69) is 10.3 Å². The van der Waals surface area contributed by atoms with Crippen molar-refractivity contribution in [1.82, 2.24) is 4.98 Å². The molecule has 3 aromatic rings. The Morgan fingerprint density at radius 3 is 2.69 bits per heavy atom. The van der Waals surface area contributed by atoms with Crippen molar-refractivity contribution in [2.24, 2.45) is 0 Å². The first-order valence-corrected chi connectivity index (χ1v) is 10.2. The van der Waals surface area contributed by atoms with Gasteiger partial charge >= 0.3 is 6.18 Å². The number of anilines is 1. The predicted octanol–water partition coefficient (Wildman–Crippen LogP) is 5.24. The summed E-state index contributed by atoms with van der Waals surface area (Å²) in [5, 5.41) is 3.02. The van der Waals surface area contributed by atoms with Gasteiger partial charge in [-0.05, 0) is 42.0 Å². The Morgan fingerprint density at radius 2 is 2.00 bits per heavy atom. The topological polar surface area (TPSA) is 77.5 Å². The summed E-state index contributed by atoms with van der Waals surface area (Å²) in [6.45, 7) is -0.368. The van der Waals surface area contributed by atoms with Gasteiger partial charge < -0.3 is 9.47 Å². The molecule has 0 aliphatic carbocycles. The Hall–Kier alpha value is -3.11. The zero-order chi connectivity index (χ0) is 23.3. The fourth-order valence-corrected chi connectivity index (χ4v) is 3.74. The minimum absolute atomic E-state index is 0.127. The van der Waals surface area contributed by atoms with Gasteiger partial charge in [0.1, 0.15) is 6.29 Å². The Kier molecular flexibility index (Phi) is 7.37. The lowest BCUT2D eigenvalue weighted by Crippen LogP contribution is -2.20. The number of aldehydes is 1. The normalized spacial score (nSPS) is 11.2. The third kappa shape index (κ3) is 5.98. The number of benzene rings is 2. The lowest BCUT2D eigenvalue weighted by atomic mass is 10.1. The van der Waals surface area contributed by atoms with Crippen LogP contribution in [0, 0.1) is 0 Å². The minimum atomic E-state index is -4.47. The van der Waals surface area contributed by atoms with Crippen LogP contribution in [0.1, 0.15) is 26.4 Å². The van der Waals surface area contributed by atoms with Gasteiger partial charge in [-0.1, -0.05) is 11.6 Å². The predicted molar refractivity (Wildman–Crippen MR) is 114 cm³/mol. The zero-order valence-corrected chi connectivity index (χ0v) is 18.1. The van der Waals surface area contributed by atoms with Crippen LogP contribution in [-0.2, 0) is 17.4 Å². The second kappa shape index (κ2) is 10.0. The third-order valence-corrected chi connectivity index (χ3v) is 5.50. The highest BCUT2D eigenvalue weighted by molar-refractivity contribution is 7.15. The molecule has 2 aromatic carbocycles. The number of alkyl halides is 3. The first-order valence-electron chi connectivity index (χ1n) is 9.06. The van der Waals surface area contributed by atoms with E-state index in [1.165, 1.54) is 25.4 Å². The molecule has 3 rings (SSSR count). The van der Waals surface area contributed by atoms with Crippen molar-refractivity contribution in [2.75, 3.05) is 19.0 Å². The molecule has 0 unspecified atom stereocenters. The van der Waals surface area contributed by atoms with Crippen LogP contribution >= 0.6 is 22.9 Å². The minimum Gasteiger partial charge on any atom is -0.493 e. The van der Waals surface area contributed by atoms with Crippen LogP contribution in [0.3, 0.4) is 0 Å². The first kappa shape index (κ1) is 23.6. The highest BCUT2D eigenvalue weighted by Gasteiger charge is 2.31. The molecule has 11 heteroatoms. The number of amides is 1. The zero-order valence-electron chi connectivity index (χ0n) is 16.5. The van der Waals surface area contributed by atoms with Crippen molar-refractivity contribution >= 4 is 40.3 Å². The number of hydrogen-bond acceptors (Lipinski definition) is 6. The van der Waals surface area contributed by atoms with Gasteiger partial charge in [-0.25, -0.2) is 4.98 Å². The van der Waals surface area contributed by atoms with E-state index < -0.39 is 17.6 Å². The maximum absolute atomic E-state index is 12.9. The molecule has 0 radical (unpaired) electrons. The molecule has 0 aliphatic heterocycles. The fraction of sp³-hybridized carbons (Fsp3) is 0.190. The van der Waals surface area contributed by atoms with Gasteiger partial charge in [0.25, 0.3) is 5.91 Å². The number of nitrogens with zero attached hydrogens (tertiary/aromatic N) is 1. The molecule has 0 bridgehead atoms. The number of carbonyl (C=O) groups excluding carboxylic acids is 2. The maximum Gasteiger partial charge on any atom is 0.416 e. The Labute approximate surface area is 189 Å². The molecule has 1 aromatic heterocycles. The van der Waals surface area contributed by atoms with Crippen molar-refractivity contribution in [3.63, 3.8) is 0 Å².